The summed E-state index contributed by atoms with van der Waals surface area (Å²) in [5.41, 5.74) is 2.16. The lowest BCUT2D eigenvalue weighted by atomic mass is 10.2. The van der Waals surface area contributed by atoms with Crippen molar-refractivity contribution in [1.29, 1.82) is 0 Å². The summed E-state index contributed by atoms with van der Waals surface area (Å²) in [4.78, 5) is 21.2. The van der Waals surface area contributed by atoms with Crippen LogP contribution in [-0.4, -0.2) is 30.1 Å². The summed E-state index contributed by atoms with van der Waals surface area (Å²) in [6.45, 7) is 1.79. The van der Waals surface area contributed by atoms with Crippen molar-refractivity contribution in [3.05, 3.63) is 64.9 Å². The molecular formula is C20H19ClN4O3. The predicted molar refractivity (Wildman–Crippen MR) is 109 cm³/mol. The number of carbonyl (C=O) groups excluding carboxylic acids is 1. The van der Waals surface area contributed by atoms with Crippen molar-refractivity contribution in [1.82, 2.24) is 9.97 Å². The van der Waals surface area contributed by atoms with Crippen LogP contribution in [-0.2, 0) is 0 Å². The van der Waals surface area contributed by atoms with Gasteiger partial charge in [0.15, 0.2) is 0 Å². The van der Waals surface area contributed by atoms with E-state index in [4.69, 9.17) is 21.1 Å². The van der Waals surface area contributed by atoms with E-state index in [0.717, 1.165) is 0 Å². The molecule has 0 atom stereocenters. The standard InChI is InChI=1S/C20H19ClN4O3/c1-12-9-17(19(26)23-13-5-4-6-15(10-13)27-2)25-20(22-12)24-14-7-8-18(28-3)16(21)11-14/h4-11H,1-3H3,(H,23,26)(H,22,24,25). The molecule has 0 spiro atoms. The Hall–Kier alpha value is -3.32. The average Bonchev–Trinajstić information content (AvgIpc) is 2.68. The topological polar surface area (TPSA) is 85.4 Å². The molecule has 1 amide bonds. The number of nitrogens with zero attached hydrogens (tertiary/aromatic N) is 2. The van der Waals surface area contributed by atoms with Crippen LogP contribution in [0.4, 0.5) is 17.3 Å². The third-order valence-corrected chi connectivity index (χ3v) is 4.12. The number of aryl methyl sites for hydroxylation is 1. The van der Waals surface area contributed by atoms with E-state index in [9.17, 15) is 4.79 Å². The average molecular weight is 399 g/mol. The molecule has 1 aromatic heterocycles. The van der Waals surface area contributed by atoms with Gasteiger partial charge in [-0.15, -0.1) is 0 Å². The van der Waals surface area contributed by atoms with Gasteiger partial charge >= 0.3 is 0 Å². The Kier molecular flexibility index (Phi) is 5.96. The molecular weight excluding hydrogens is 380 g/mol. The summed E-state index contributed by atoms with van der Waals surface area (Å²) < 4.78 is 10.3. The van der Waals surface area contributed by atoms with Crippen LogP contribution in [0.5, 0.6) is 11.5 Å². The molecule has 0 saturated carbocycles. The normalized spacial score (nSPS) is 10.3. The Balaban J connectivity index is 1.80. The molecule has 1 heterocycles. The van der Waals surface area contributed by atoms with Crippen molar-refractivity contribution >= 4 is 34.8 Å². The highest BCUT2D eigenvalue weighted by molar-refractivity contribution is 6.32. The van der Waals surface area contributed by atoms with Crippen molar-refractivity contribution in [2.75, 3.05) is 24.9 Å². The number of ether oxygens (including phenoxy) is 2. The molecule has 144 valence electrons. The number of benzene rings is 2. The fourth-order valence-corrected chi connectivity index (χ4v) is 2.77. The molecule has 0 radical (unpaired) electrons. The maximum Gasteiger partial charge on any atom is 0.274 e. The van der Waals surface area contributed by atoms with Crippen LogP contribution in [0, 0.1) is 6.92 Å². The summed E-state index contributed by atoms with van der Waals surface area (Å²) in [6.07, 6.45) is 0. The van der Waals surface area contributed by atoms with E-state index in [0.29, 0.717) is 33.6 Å². The maximum atomic E-state index is 12.6. The van der Waals surface area contributed by atoms with E-state index in [2.05, 4.69) is 20.6 Å². The molecule has 3 aromatic rings. The van der Waals surface area contributed by atoms with Gasteiger partial charge in [-0.25, -0.2) is 9.97 Å². The van der Waals surface area contributed by atoms with Gasteiger partial charge in [0.2, 0.25) is 5.95 Å². The zero-order valence-electron chi connectivity index (χ0n) is 15.6. The number of rotatable bonds is 6. The fourth-order valence-electron chi connectivity index (χ4n) is 2.51. The lowest BCUT2D eigenvalue weighted by molar-refractivity contribution is 0.102. The second-order valence-corrected chi connectivity index (χ2v) is 6.29. The SMILES string of the molecule is COc1cccc(NC(=O)c2cc(C)nc(Nc3ccc(OC)c(Cl)c3)n2)c1. The zero-order chi connectivity index (χ0) is 20.1. The highest BCUT2D eigenvalue weighted by atomic mass is 35.5. The van der Waals surface area contributed by atoms with E-state index >= 15 is 0 Å². The Morgan fingerprint density at radius 2 is 1.82 bits per heavy atom. The van der Waals surface area contributed by atoms with Crippen LogP contribution in [0.2, 0.25) is 5.02 Å². The van der Waals surface area contributed by atoms with Gasteiger partial charge in [0, 0.05) is 23.1 Å². The van der Waals surface area contributed by atoms with Crippen LogP contribution < -0.4 is 20.1 Å². The molecule has 2 aromatic carbocycles. The minimum absolute atomic E-state index is 0.234. The molecule has 3 rings (SSSR count). The number of anilines is 3. The summed E-state index contributed by atoms with van der Waals surface area (Å²) >= 11 is 6.14. The molecule has 7 nitrogen and oxygen atoms in total. The smallest absolute Gasteiger partial charge is 0.274 e. The van der Waals surface area contributed by atoms with Gasteiger partial charge in [0.25, 0.3) is 5.91 Å². The van der Waals surface area contributed by atoms with E-state index in [1.54, 1.807) is 69.7 Å². The van der Waals surface area contributed by atoms with Crippen LogP contribution >= 0.6 is 11.6 Å². The summed E-state index contributed by atoms with van der Waals surface area (Å²) in [5.74, 6) is 1.15. The number of carbonyl (C=O) groups is 1. The van der Waals surface area contributed by atoms with Gasteiger partial charge in [0.1, 0.15) is 17.2 Å². The zero-order valence-corrected chi connectivity index (χ0v) is 16.4. The van der Waals surface area contributed by atoms with Crippen molar-refractivity contribution in [3.63, 3.8) is 0 Å². The van der Waals surface area contributed by atoms with E-state index in [-0.39, 0.29) is 17.5 Å². The van der Waals surface area contributed by atoms with Crippen LogP contribution in [0.3, 0.4) is 0 Å². The number of aromatic nitrogens is 2. The quantitative estimate of drug-likeness (QED) is 0.638. The van der Waals surface area contributed by atoms with Gasteiger partial charge in [-0.05, 0) is 43.3 Å². The molecule has 0 aliphatic rings. The number of nitrogens with one attached hydrogen (secondary N) is 2. The van der Waals surface area contributed by atoms with Crippen molar-refractivity contribution in [3.8, 4) is 11.5 Å². The molecule has 0 unspecified atom stereocenters. The molecule has 0 aliphatic heterocycles. The van der Waals surface area contributed by atoms with Crippen LogP contribution in [0.25, 0.3) is 0 Å². The van der Waals surface area contributed by atoms with Gasteiger partial charge in [0.05, 0.1) is 19.2 Å². The Bertz CT molecular complexity index is 1010. The lowest BCUT2D eigenvalue weighted by Gasteiger charge is -2.10. The molecule has 0 bridgehead atoms. The number of halogens is 1. The summed E-state index contributed by atoms with van der Waals surface area (Å²) in [6, 6.07) is 13.9. The van der Waals surface area contributed by atoms with Crippen LogP contribution in [0.15, 0.2) is 48.5 Å². The van der Waals surface area contributed by atoms with Crippen molar-refractivity contribution in [2.24, 2.45) is 0 Å². The van der Waals surface area contributed by atoms with Crippen LogP contribution in [0.1, 0.15) is 16.2 Å². The van der Waals surface area contributed by atoms with E-state index in [1.807, 2.05) is 0 Å². The lowest BCUT2D eigenvalue weighted by Crippen LogP contribution is -2.15. The number of methoxy groups -OCH3 is 2. The first-order valence-electron chi connectivity index (χ1n) is 8.40. The number of hydrogen-bond acceptors (Lipinski definition) is 6. The Morgan fingerprint density at radius 3 is 2.54 bits per heavy atom. The highest BCUT2D eigenvalue weighted by Gasteiger charge is 2.12. The molecule has 8 heteroatoms. The second kappa shape index (κ2) is 8.58. The first-order chi connectivity index (χ1) is 13.5. The molecule has 0 aliphatic carbocycles. The third-order valence-electron chi connectivity index (χ3n) is 3.82. The van der Waals surface area contributed by atoms with Gasteiger partial charge in [-0.1, -0.05) is 17.7 Å². The van der Waals surface area contributed by atoms with Crippen molar-refractivity contribution in [2.45, 2.75) is 6.92 Å². The highest BCUT2D eigenvalue weighted by Crippen LogP contribution is 2.28. The monoisotopic (exact) mass is 398 g/mol. The fraction of sp³-hybridized carbons (Fsp3) is 0.150. The predicted octanol–water partition coefficient (Wildman–Crippen LogP) is 4.45. The van der Waals surface area contributed by atoms with E-state index in [1.165, 1.54) is 0 Å². The summed E-state index contributed by atoms with van der Waals surface area (Å²) in [5, 5.41) is 6.31. The largest absolute Gasteiger partial charge is 0.497 e. The molecule has 2 N–H and O–H groups in total. The van der Waals surface area contributed by atoms with Crippen molar-refractivity contribution < 1.29 is 14.3 Å². The molecule has 0 fully saturated rings. The van der Waals surface area contributed by atoms with E-state index < -0.39 is 0 Å². The Morgan fingerprint density at radius 1 is 1.00 bits per heavy atom. The summed E-state index contributed by atoms with van der Waals surface area (Å²) in [7, 11) is 3.11. The molecule has 28 heavy (non-hydrogen) atoms. The first-order valence-corrected chi connectivity index (χ1v) is 8.78. The number of amides is 1. The van der Waals surface area contributed by atoms with Gasteiger partial charge in [-0.3, -0.25) is 4.79 Å². The Labute approximate surface area is 167 Å². The third kappa shape index (κ3) is 4.69. The number of hydrogen-bond donors (Lipinski definition) is 2. The van der Waals surface area contributed by atoms with Gasteiger partial charge < -0.3 is 20.1 Å². The minimum Gasteiger partial charge on any atom is -0.497 e. The minimum atomic E-state index is -0.352. The first kappa shape index (κ1) is 19.4. The van der Waals surface area contributed by atoms with Gasteiger partial charge in [-0.2, -0.15) is 0 Å². The molecule has 0 saturated heterocycles. The maximum absolute atomic E-state index is 12.6. The second-order valence-electron chi connectivity index (χ2n) is 5.88.